The van der Waals surface area contributed by atoms with Crippen LogP contribution in [0.2, 0.25) is 0 Å². The summed E-state index contributed by atoms with van der Waals surface area (Å²) < 4.78 is 5.48. The Balaban J connectivity index is 1.89. The van der Waals surface area contributed by atoms with Crippen molar-refractivity contribution in [1.82, 2.24) is 0 Å². The van der Waals surface area contributed by atoms with Gasteiger partial charge in [-0.25, -0.2) is 0 Å². The van der Waals surface area contributed by atoms with Gasteiger partial charge in [0.15, 0.2) is 11.5 Å². The zero-order valence-electron chi connectivity index (χ0n) is 22.5. The van der Waals surface area contributed by atoms with E-state index >= 15 is 0 Å². The van der Waals surface area contributed by atoms with Crippen molar-refractivity contribution in [3.8, 4) is 11.5 Å². The van der Waals surface area contributed by atoms with Gasteiger partial charge in [-0.15, -0.1) is 6.58 Å². The summed E-state index contributed by atoms with van der Waals surface area (Å²) in [5.74, 6) is -0.564. The third-order valence-corrected chi connectivity index (χ3v) is 7.24. The molecular weight excluding hydrogens is 488 g/mol. The average Bonchev–Trinajstić information content (AvgIpc) is 2.93. The van der Waals surface area contributed by atoms with Crippen molar-refractivity contribution in [3.63, 3.8) is 0 Å². The van der Waals surface area contributed by atoms with Crippen molar-refractivity contribution in [2.75, 3.05) is 12.4 Å². The predicted octanol–water partition coefficient (Wildman–Crippen LogP) is 6.85. The number of allylic oxidation sites excluding steroid dienone is 4. The Morgan fingerprint density at radius 3 is 2.64 bits per heavy atom. The lowest BCUT2D eigenvalue weighted by Gasteiger charge is -2.36. The van der Waals surface area contributed by atoms with Gasteiger partial charge in [-0.05, 0) is 76.9 Å². The van der Waals surface area contributed by atoms with Crippen molar-refractivity contribution in [3.05, 3.63) is 119 Å². The number of aryl methyl sites for hydroxylation is 1. The normalized spacial score (nSPS) is 16.9. The van der Waals surface area contributed by atoms with E-state index in [1.807, 2.05) is 30.4 Å². The summed E-state index contributed by atoms with van der Waals surface area (Å²) in [7, 11) is 1.51. The highest BCUT2D eigenvalue weighted by Gasteiger charge is 2.32. The topological polar surface area (TPSA) is 105 Å². The standard InChI is InChI=1S/C33H36N2O4/c1-4-5-6-7-11-23(16-33(37)38)25-18-31(36)32(39-3)19-28(25)30-17-26(24-12-9-8-10-21(24)2)27-15-22(20-34)13-14-29(27)35-30/h4,6-15,18-19,26,30,35-36H,1,5,16-17,20,34H2,2-3H3,(H,37,38)/b7-6-,23-11+. The summed E-state index contributed by atoms with van der Waals surface area (Å²) in [6.07, 6.45) is 8.51. The van der Waals surface area contributed by atoms with Crippen LogP contribution in [-0.4, -0.2) is 23.3 Å². The summed E-state index contributed by atoms with van der Waals surface area (Å²) in [6, 6.07) is 17.9. The fourth-order valence-corrected chi connectivity index (χ4v) is 5.33. The first-order chi connectivity index (χ1) is 18.9. The maximum Gasteiger partial charge on any atom is 0.307 e. The molecule has 3 aromatic rings. The van der Waals surface area contributed by atoms with E-state index in [4.69, 9.17) is 10.5 Å². The molecule has 5 N–H and O–H groups in total. The first-order valence-electron chi connectivity index (χ1n) is 13.1. The molecular formula is C33H36N2O4. The van der Waals surface area contributed by atoms with E-state index in [0.717, 1.165) is 23.2 Å². The number of hydrogen-bond donors (Lipinski definition) is 4. The Morgan fingerprint density at radius 1 is 1.15 bits per heavy atom. The Morgan fingerprint density at radius 2 is 1.95 bits per heavy atom. The summed E-state index contributed by atoms with van der Waals surface area (Å²) in [5, 5.41) is 24.1. The first-order valence-corrected chi connectivity index (χ1v) is 13.1. The van der Waals surface area contributed by atoms with E-state index in [1.165, 1.54) is 23.8 Å². The van der Waals surface area contributed by atoms with Crippen molar-refractivity contribution in [2.45, 2.75) is 44.7 Å². The van der Waals surface area contributed by atoms with Crippen LogP contribution in [-0.2, 0) is 11.3 Å². The number of anilines is 1. The summed E-state index contributed by atoms with van der Waals surface area (Å²) >= 11 is 0. The number of carbonyl (C=O) groups is 1. The van der Waals surface area contributed by atoms with E-state index in [2.05, 4.69) is 49.2 Å². The van der Waals surface area contributed by atoms with Crippen LogP contribution >= 0.6 is 0 Å². The van der Waals surface area contributed by atoms with Gasteiger partial charge in [0.1, 0.15) is 0 Å². The highest BCUT2D eigenvalue weighted by molar-refractivity contribution is 5.86. The van der Waals surface area contributed by atoms with E-state index in [9.17, 15) is 15.0 Å². The number of hydrogen-bond acceptors (Lipinski definition) is 5. The Bertz CT molecular complexity index is 1420. The van der Waals surface area contributed by atoms with Crippen LogP contribution in [0.25, 0.3) is 5.57 Å². The maximum absolute atomic E-state index is 11.9. The quantitative estimate of drug-likeness (QED) is 0.171. The molecule has 0 aliphatic carbocycles. The zero-order chi connectivity index (χ0) is 27.9. The molecule has 3 aromatic carbocycles. The molecule has 6 heteroatoms. The summed E-state index contributed by atoms with van der Waals surface area (Å²) in [5.41, 5.74) is 13.8. The number of aromatic hydroxyl groups is 1. The molecule has 0 aromatic heterocycles. The second-order valence-electron chi connectivity index (χ2n) is 9.79. The molecule has 202 valence electrons. The van der Waals surface area contributed by atoms with Gasteiger partial charge in [0.05, 0.1) is 19.6 Å². The molecule has 0 spiro atoms. The number of benzene rings is 3. The van der Waals surface area contributed by atoms with Crippen molar-refractivity contribution in [2.24, 2.45) is 5.73 Å². The van der Waals surface area contributed by atoms with Gasteiger partial charge in [-0.3, -0.25) is 4.79 Å². The molecule has 0 radical (unpaired) electrons. The minimum atomic E-state index is -0.950. The molecule has 0 fully saturated rings. The van der Waals surface area contributed by atoms with E-state index < -0.39 is 5.97 Å². The van der Waals surface area contributed by atoms with E-state index in [-0.39, 0.29) is 24.1 Å². The highest BCUT2D eigenvalue weighted by Crippen LogP contribution is 2.47. The number of carboxylic acid groups (broad SMARTS) is 1. The van der Waals surface area contributed by atoms with Crippen LogP contribution < -0.4 is 15.8 Å². The second kappa shape index (κ2) is 12.5. The van der Waals surface area contributed by atoms with E-state index in [0.29, 0.717) is 29.9 Å². The molecule has 0 saturated heterocycles. The van der Waals surface area contributed by atoms with Crippen LogP contribution in [0.15, 0.2) is 85.5 Å². The average molecular weight is 525 g/mol. The third kappa shape index (κ3) is 6.24. The van der Waals surface area contributed by atoms with Crippen LogP contribution in [0, 0.1) is 6.92 Å². The Hall–Kier alpha value is -4.29. The number of aliphatic carboxylic acids is 1. The van der Waals surface area contributed by atoms with Crippen molar-refractivity contribution >= 4 is 17.2 Å². The lowest BCUT2D eigenvalue weighted by atomic mass is 9.77. The van der Waals surface area contributed by atoms with Crippen molar-refractivity contribution < 1.29 is 19.7 Å². The number of ether oxygens (including phenoxy) is 1. The van der Waals surface area contributed by atoms with Gasteiger partial charge in [0.2, 0.25) is 0 Å². The fraction of sp³-hybridized carbons (Fsp3) is 0.242. The van der Waals surface area contributed by atoms with Crippen molar-refractivity contribution in [1.29, 1.82) is 0 Å². The molecule has 1 aliphatic rings. The van der Waals surface area contributed by atoms with Gasteiger partial charge in [-0.2, -0.15) is 0 Å². The van der Waals surface area contributed by atoms with Gasteiger partial charge in [0, 0.05) is 18.2 Å². The monoisotopic (exact) mass is 524 g/mol. The highest BCUT2D eigenvalue weighted by atomic mass is 16.5. The SMILES string of the molecule is C=CC/C=C\C=C(/CC(=O)O)c1cc(O)c(OC)cc1C1CC(c2ccccc2C)c2cc(CN)ccc2N1. The van der Waals surface area contributed by atoms with Crippen LogP contribution in [0.3, 0.4) is 0 Å². The number of nitrogens with two attached hydrogens (primary N) is 1. The fourth-order valence-electron chi connectivity index (χ4n) is 5.33. The summed E-state index contributed by atoms with van der Waals surface area (Å²) in [6.45, 7) is 6.31. The molecule has 4 rings (SSSR count). The molecule has 0 saturated carbocycles. The first kappa shape index (κ1) is 27.7. The number of rotatable bonds is 10. The lowest BCUT2D eigenvalue weighted by molar-refractivity contribution is -0.135. The number of methoxy groups -OCH3 is 1. The molecule has 0 amide bonds. The zero-order valence-corrected chi connectivity index (χ0v) is 22.5. The summed E-state index contributed by atoms with van der Waals surface area (Å²) in [4.78, 5) is 11.9. The molecule has 2 unspecified atom stereocenters. The van der Waals surface area contributed by atoms with Crippen LogP contribution in [0.5, 0.6) is 11.5 Å². The Labute approximate surface area is 230 Å². The minimum Gasteiger partial charge on any atom is -0.504 e. The Kier molecular flexibility index (Phi) is 8.89. The number of phenols is 1. The third-order valence-electron chi connectivity index (χ3n) is 7.24. The second-order valence-corrected chi connectivity index (χ2v) is 9.79. The number of fused-ring (bicyclic) bond motifs is 1. The number of phenolic OH excluding ortho intramolecular Hbond substituents is 1. The molecule has 1 aliphatic heterocycles. The largest absolute Gasteiger partial charge is 0.504 e. The lowest BCUT2D eigenvalue weighted by Crippen LogP contribution is -2.24. The van der Waals surface area contributed by atoms with Gasteiger partial charge in [0.25, 0.3) is 0 Å². The van der Waals surface area contributed by atoms with E-state index in [1.54, 1.807) is 18.2 Å². The number of nitrogens with one attached hydrogen (secondary N) is 1. The number of carboxylic acids is 1. The van der Waals surface area contributed by atoms with Gasteiger partial charge in [-0.1, -0.05) is 60.7 Å². The molecule has 2 atom stereocenters. The van der Waals surface area contributed by atoms with Crippen LogP contribution in [0.1, 0.15) is 64.6 Å². The molecule has 1 heterocycles. The van der Waals surface area contributed by atoms with Crippen LogP contribution in [0.4, 0.5) is 5.69 Å². The van der Waals surface area contributed by atoms with Gasteiger partial charge < -0.3 is 26.0 Å². The predicted molar refractivity (Wildman–Crippen MR) is 157 cm³/mol. The van der Waals surface area contributed by atoms with Gasteiger partial charge >= 0.3 is 5.97 Å². The molecule has 39 heavy (non-hydrogen) atoms. The molecule has 0 bridgehead atoms. The smallest absolute Gasteiger partial charge is 0.307 e. The molecule has 6 nitrogen and oxygen atoms in total. The maximum atomic E-state index is 11.9. The minimum absolute atomic E-state index is 0.0399.